The van der Waals surface area contributed by atoms with Crippen LogP contribution >= 0.6 is 0 Å². The molecule has 0 saturated carbocycles. The Labute approximate surface area is 219 Å². The molecule has 5 rings (SSSR count). The van der Waals surface area contributed by atoms with E-state index in [9.17, 15) is 23.9 Å². The van der Waals surface area contributed by atoms with Crippen molar-refractivity contribution in [3.05, 3.63) is 62.8 Å². The van der Waals surface area contributed by atoms with Crippen LogP contribution in [0, 0.1) is 12.7 Å². The fourth-order valence-electron chi connectivity index (χ4n) is 5.75. The van der Waals surface area contributed by atoms with Crippen molar-refractivity contribution in [2.75, 3.05) is 20.6 Å². The van der Waals surface area contributed by atoms with E-state index in [4.69, 9.17) is 4.84 Å². The zero-order valence-electron chi connectivity index (χ0n) is 22.0. The summed E-state index contributed by atoms with van der Waals surface area (Å²) in [7, 11) is 3.70. The zero-order valence-corrected chi connectivity index (χ0v) is 22.0. The van der Waals surface area contributed by atoms with Gasteiger partial charge in [0.05, 0.1) is 0 Å². The first kappa shape index (κ1) is 25.7. The van der Waals surface area contributed by atoms with Gasteiger partial charge in [0.15, 0.2) is 17.3 Å². The fraction of sp³-hybridized carbons (Fsp3) is 0.462. The normalized spacial score (nSPS) is 24.3. The van der Waals surface area contributed by atoms with Crippen LogP contribution in [0.4, 0.5) is 4.39 Å². The maximum Gasteiger partial charge on any atom is 0.274 e. The first-order valence-electron chi connectivity index (χ1n) is 12.5. The van der Waals surface area contributed by atoms with Gasteiger partial charge < -0.3 is 24.7 Å². The van der Waals surface area contributed by atoms with Crippen molar-refractivity contribution < 1.29 is 23.9 Å². The highest BCUT2D eigenvalue weighted by Gasteiger charge is 2.58. The second-order valence-corrected chi connectivity index (χ2v) is 10.3. The Balaban J connectivity index is 1.59. The number of aryl methyl sites for hydroxylation is 1. The number of amidine groups is 1. The molecule has 2 aromatic rings. The third-order valence-corrected chi connectivity index (χ3v) is 7.65. The van der Waals surface area contributed by atoms with Crippen molar-refractivity contribution in [1.29, 1.82) is 0 Å². The Bertz CT molecular complexity index is 1420. The second kappa shape index (κ2) is 9.12. The monoisotopic (exact) mass is 526 g/mol. The third kappa shape index (κ3) is 3.82. The van der Waals surface area contributed by atoms with Crippen LogP contribution in [0.5, 0.6) is 5.75 Å². The number of amides is 2. The summed E-state index contributed by atoms with van der Waals surface area (Å²) in [6.07, 6.45) is 2.37. The van der Waals surface area contributed by atoms with Crippen molar-refractivity contribution in [3.8, 4) is 5.75 Å². The number of nitrogens with zero attached hydrogens (tertiary/aromatic N) is 5. The Kier molecular flexibility index (Phi) is 6.17. The second-order valence-electron chi connectivity index (χ2n) is 10.3. The predicted octanol–water partition coefficient (Wildman–Crippen LogP) is 1.95. The third-order valence-electron chi connectivity index (χ3n) is 7.65. The van der Waals surface area contributed by atoms with E-state index in [-0.39, 0.29) is 36.0 Å². The minimum atomic E-state index is -1.06. The van der Waals surface area contributed by atoms with Crippen LogP contribution < -0.4 is 10.7 Å². The van der Waals surface area contributed by atoms with Gasteiger partial charge in [-0.05, 0) is 38.8 Å². The fourth-order valence-corrected chi connectivity index (χ4v) is 5.75. The lowest BCUT2D eigenvalue weighted by atomic mass is 9.95. The van der Waals surface area contributed by atoms with E-state index in [2.05, 4.69) is 10.5 Å². The number of hydrogen-bond donors (Lipinski definition) is 2. The van der Waals surface area contributed by atoms with Gasteiger partial charge in [-0.2, -0.15) is 0 Å². The smallest absolute Gasteiger partial charge is 0.274 e. The molecule has 1 spiro atoms. The van der Waals surface area contributed by atoms with E-state index in [0.29, 0.717) is 18.7 Å². The standard InChI is InChI=1S/C26H31FN6O5/c1-14-6-7-17(19(27)10-14)11-28-24(36)18-12-32-20-13-31(25(37)21(32)23(35)22(18)34)15(2)8-9-26(20)33(30(4)5)16(3)29-38-26/h6-7,10,12,15,20,35H,8-9,11,13H2,1-5H3,(H,28,36)/t15-,20+,26?/m0/s1. The Morgan fingerprint density at radius 2 is 2.05 bits per heavy atom. The van der Waals surface area contributed by atoms with Gasteiger partial charge in [0.1, 0.15) is 17.4 Å². The molecule has 11 nitrogen and oxygen atoms in total. The van der Waals surface area contributed by atoms with Crippen molar-refractivity contribution in [2.45, 2.75) is 58.0 Å². The first-order chi connectivity index (χ1) is 18.0. The Hall–Kier alpha value is -3.93. The minimum absolute atomic E-state index is 0.158. The van der Waals surface area contributed by atoms with Gasteiger partial charge in [-0.15, -0.1) is 0 Å². The van der Waals surface area contributed by atoms with Gasteiger partial charge in [0, 0.05) is 51.4 Å². The van der Waals surface area contributed by atoms with E-state index in [1.54, 1.807) is 24.0 Å². The molecule has 4 heterocycles. The lowest BCUT2D eigenvalue weighted by Gasteiger charge is -2.47. The molecule has 0 radical (unpaired) electrons. The Morgan fingerprint density at radius 1 is 1.32 bits per heavy atom. The van der Waals surface area contributed by atoms with Crippen LogP contribution in [-0.2, 0) is 11.4 Å². The largest absolute Gasteiger partial charge is 0.503 e. The summed E-state index contributed by atoms with van der Waals surface area (Å²) >= 11 is 0. The van der Waals surface area contributed by atoms with Gasteiger partial charge >= 0.3 is 0 Å². The lowest BCUT2D eigenvalue weighted by Crippen LogP contribution is -2.61. The van der Waals surface area contributed by atoms with E-state index < -0.39 is 40.6 Å². The molecule has 2 bridgehead atoms. The van der Waals surface area contributed by atoms with Crippen molar-refractivity contribution in [3.63, 3.8) is 0 Å². The molecule has 1 aromatic carbocycles. The highest BCUT2D eigenvalue weighted by Crippen LogP contribution is 2.46. The molecule has 0 aliphatic carbocycles. The number of fused-ring (bicyclic) bond motifs is 5. The molecule has 3 aliphatic rings. The molecular weight excluding hydrogens is 495 g/mol. The quantitative estimate of drug-likeness (QED) is 0.625. The molecule has 12 heteroatoms. The molecule has 3 atom stereocenters. The molecule has 1 saturated heterocycles. The molecule has 202 valence electrons. The molecule has 3 aliphatic heterocycles. The summed E-state index contributed by atoms with van der Waals surface area (Å²) in [5.74, 6) is -1.97. The van der Waals surface area contributed by atoms with Crippen LogP contribution in [0.1, 0.15) is 64.7 Å². The summed E-state index contributed by atoms with van der Waals surface area (Å²) in [6.45, 7) is 5.53. The summed E-state index contributed by atoms with van der Waals surface area (Å²) in [6, 6.07) is 3.83. The maximum absolute atomic E-state index is 14.3. The summed E-state index contributed by atoms with van der Waals surface area (Å²) in [5, 5.41) is 21.5. The number of carbonyl (C=O) groups excluding carboxylic acids is 2. The Morgan fingerprint density at radius 3 is 2.74 bits per heavy atom. The molecule has 1 aromatic heterocycles. The molecule has 1 unspecified atom stereocenters. The number of hydrogen-bond acceptors (Lipinski definition) is 8. The number of aromatic nitrogens is 1. The zero-order chi connectivity index (χ0) is 27.5. The van der Waals surface area contributed by atoms with Crippen molar-refractivity contribution >= 4 is 17.6 Å². The molecule has 2 N–H and O–H groups in total. The predicted molar refractivity (Wildman–Crippen MR) is 136 cm³/mol. The highest BCUT2D eigenvalue weighted by atomic mass is 19.1. The van der Waals surface area contributed by atoms with Gasteiger partial charge in [0.25, 0.3) is 11.8 Å². The molecule has 38 heavy (non-hydrogen) atoms. The summed E-state index contributed by atoms with van der Waals surface area (Å²) < 4.78 is 15.8. The average molecular weight is 527 g/mol. The number of halogens is 1. The number of aromatic hydroxyl groups is 1. The SMILES string of the molecule is CC1=NOC2(CC[C@H](C)N3C[C@H]2n2cc(C(=O)NCc4ccc(C)cc4F)c(=O)c(O)c2C3=O)N1N(C)C. The number of hydrazine groups is 1. The van der Waals surface area contributed by atoms with E-state index >= 15 is 0 Å². The van der Waals surface area contributed by atoms with Crippen LogP contribution in [0.15, 0.2) is 34.3 Å². The summed E-state index contributed by atoms with van der Waals surface area (Å²) in [4.78, 5) is 47.5. The van der Waals surface area contributed by atoms with E-state index in [1.165, 1.54) is 16.8 Å². The van der Waals surface area contributed by atoms with Crippen LogP contribution in [0.3, 0.4) is 0 Å². The number of pyridine rings is 1. The first-order valence-corrected chi connectivity index (χ1v) is 12.5. The maximum atomic E-state index is 14.3. The van der Waals surface area contributed by atoms with Crippen LogP contribution in [0.2, 0.25) is 0 Å². The van der Waals surface area contributed by atoms with Gasteiger partial charge in [-0.1, -0.05) is 17.3 Å². The summed E-state index contributed by atoms with van der Waals surface area (Å²) in [5.41, 5.74) is -1.61. The molecule has 1 fully saturated rings. The van der Waals surface area contributed by atoms with E-state index in [1.807, 2.05) is 38.0 Å². The average Bonchev–Trinajstić information content (AvgIpc) is 3.14. The number of nitrogens with one attached hydrogen (secondary N) is 1. The number of carbonyl (C=O) groups is 2. The molecule has 2 amide bonds. The van der Waals surface area contributed by atoms with Crippen LogP contribution in [0.25, 0.3) is 0 Å². The number of rotatable bonds is 4. The topological polar surface area (TPSA) is 120 Å². The van der Waals surface area contributed by atoms with Crippen molar-refractivity contribution in [2.24, 2.45) is 5.16 Å². The van der Waals surface area contributed by atoms with Crippen molar-refractivity contribution in [1.82, 2.24) is 24.8 Å². The minimum Gasteiger partial charge on any atom is -0.503 e. The lowest BCUT2D eigenvalue weighted by molar-refractivity contribution is -0.191. The van der Waals surface area contributed by atoms with Crippen LogP contribution in [-0.4, -0.2) is 74.6 Å². The highest BCUT2D eigenvalue weighted by molar-refractivity contribution is 5.99. The molecular formula is C26H31FN6O5. The van der Waals surface area contributed by atoms with Gasteiger partial charge in [-0.25, -0.2) is 14.4 Å². The number of oxime groups is 1. The van der Waals surface area contributed by atoms with Gasteiger partial charge in [0.2, 0.25) is 11.2 Å². The number of benzene rings is 1. The van der Waals surface area contributed by atoms with E-state index in [0.717, 1.165) is 5.56 Å². The van der Waals surface area contributed by atoms with Gasteiger partial charge in [-0.3, -0.25) is 14.4 Å².